The molecular formula is C5H7S. The van der Waals surface area contributed by atoms with E-state index in [0.29, 0.717) is 0 Å². The van der Waals surface area contributed by atoms with E-state index in [1.807, 2.05) is 6.92 Å². The lowest BCUT2D eigenvalue weighted by molar-refractivity contribution is 1.31. The van der Waals surface area contributed by atoms with E-state index in [4.69, 9.17) is 6.42 Å². The summed E-state index contributed by atoms with van der Waals surface area (Å²) >= 11 is 1.44. The third kappa shape index (κ3) is 2.17. The van der Waals surface area contributed by atoms with Crippen LogP contribution in [0.3, 0.4) is 0 Å². The van der Waals surface area contributed by atoms with Gasteiger partial charge in [-0.1, -0.05) is 5.92 Å². The minimum absolute atomic E-state index is 0.269. The molecule has 0 aromatic rings. The van der Waals surface area contributed by atoms with Crippen LogP contribution in [0.2, 0.25) is 0 Å². The molecule has 0 rings (SSSR count). The Balaban J connectivity index is 3.04. The molecule has 0 aromatic heterocycles. The van der Waals surface area contributed by atoms with Crippen LogP contribution in [0.25, 0.3) is 0 Å². The first-order valence-electron chi connectivity index (χ1n) is 1.68. The highest BCUT2D eigenvalue weighted by Crippen LogP contribution is 2.03. The highest BCUT2D eigenvalue weighted by atomic mass is 32.2. The van der Waals surface area contributed by atoms with Crippen molar-refractivity contribution in [1.82, 2.24) is 0 Å². The van der Waals surface area contributed by atoms with E-state index >= 15 is 0 Å². The van der Waals surface area contributed by atoms with Gasteiger partial charge in [-0.05, 0) is 6.92 Å². The van der Waals surface area contributed by atoms with Gasteiger partial charge in [0, 0.05) is 6.26 Å². The quantitative estimate of drug-likeness (QED) is 0.449. The van der Waals surface area contributed by atoms with Crippen molar-refractivity contribution in [2.24, 2.45) is 0 Å². The second kappa shape index (κ2) is 3.11. The third-order valence-electron chi connectivity index (χ3n) is 0.485. The van der Waals surface area contributed by atoms with Crippen molar-refractivity contribution in [3.05, 3.63) is 6.26 Å². The summed E-state index contributed by atoms with van der Waals surface area (Å²) in [6.07, 6.45) is 8.50. The highest BCUT2D eigenvalue weighted by molar-refractivity contribution is 8.01. The zero-order valence-electron chi connectivity index (χ0n) is 3.77. The summed E-state index contributed by atoms with van der Waals surface area (Å²) in [6.45, 7) is 1.94. The van der Waals surface area contributed by atoms with Gasteiger partial charge in [-0.15, -0.1) is 18.2 Å². The van der Waals surface area contributed by atoms with Crippen LogP contribution in [0.4, 0.5) is 0 Å². The molecule has 0 amide bonds. The van der Waals surface area contributed by atoms with E-state index < -0.39 is 0 Å². The van der Waals surface area contributed by atoms with Gasteiger partial charge < -0.3 is 0 Å². The lowest BCUT2D eigenvalue weighted by Crippen LogP contribution is -1.83. The molecule has 1 heteroatoms. The van der Waals surface area contributed by atoms with Crippen molar-refractivity contribution in [2.75, 3.05) is 0 Å². The van der Waals surface area contributed by atoms with Gasteiger partial charge in [-0.2, -0.15) is 0 Å². The Bertz CT molecular complexity index is 60.8. The van der Waals surface area contributed by atoms with E-state index in [1.54, 1.807) is 0 Å². The van der Waals surface area contributed by atoms with Gasteiger partial charge in [0.25, 0.3) is 0 Å². The van der Waals surface area contributed by atoms with Crippen molar-refractivity contribution in [3.63, 3.8) is 0 Å². The topological polar surface area (TPSA) is 0 Å². The summed E-state index contributed by atoms with van der Waals surface area (Å²) in [7, 11) is 0. The third-order valence-corrected chi connectivity index (χ3v) is 1.12. The van der Waals surface area contributed by atoms with Crippen molar-refractivity contribution in [1.29, 1.82) is 0 Å². The molecule has 1 radical (unpaired) electrons. The van der Waals surface area contributed by atoms with Crippen LogP contribution in [0.1, 0.15) is 6.92 Å². The molecular weight excluding hydrogens is 92.1 g/mol. The predicted octanol–water partition coefficient (Wildman–Crippen LogP) is 1.53. The van der Waals surface area contributed by atoms with Crippen LogP contribution in [-0.4, -0.2) is 5.25 Å². The number of thioether (sulfide) groups is 1. The summed E-state index contributed by atoms with van der Waals surface area (Å²) < 4.78 is 0. The van der Waals surface area contributed by atoms with Crippen molar-refractivity contribution < 1.29 is 0 Å². The zero-order chi connectivity index (χ0) is 4.99. The molecule has 33 valence electrons. The maximum atomic E-state index is 4.97. The molecule has 0 heterocycles. The van der Waals surface area contributed by atoms with Crippen LogP contribution in [0, 0.1) is 18.6 Å². The average molecular weight is 99.2 g/mol. The smallest absolute Gasteiger partial charge is 0.0626 e. The number of terminal acetylenes is 1. The summed E-state index contributed by atoms with van der Waals surface area (Å²) in [6, 6.07) is 0. The van der Waals surface area contributed by atoms with Crippen LogP contribution in [0.5, 0.6) is 0 Å². The SMILES string of the molecule is C#CC(C)S[CH2]. The Morgan fingerprint density at radius 1 is 2.00 bits per heavy atom. The predicted molar refractivity (Wildman–Crippen MR) is 31.2 cm³/mol. The van der Waals surface area contributed by atoms with Crippen molar-refractivity contribution >= 4 is 11.8 Å². The van der Waals surface area contributed by atoms with Crippen molar-refractivity contribution in [2.45, 2.75) is 12.2 Å². The van der Waals surface area contributed by atoms with Gasteiger partial charge in [-0.25, -0.2) is 0 Å². The molecule has 0 saturated heterocycles. The van der Waals surface area contributed by atoms with Gasteiger partial charge in [-0.3, -0.25) is 0 Å². The van der Waals surface area contributed by atoms with E-state index in [-0.39, 0.29) is 5.25 Å². The molecule has 1 unspecified atom stereocenters. The molecule has 0 aliphatic heterocycles. The Hall–Kier alpha value is -0.0900. The Kier molecular flexibility index (Phi) is 3.07. The molecule has 1 atom stereocenters. The Labute approximate surface area is 43.3 Å². The minimum atomic E-state index is 0.269. The minimum Gasteiger partial charge on any atom is -0.145 e. The van der Waals surface area contributed by atoms with Crippen LogP contribution in [-0.2, 0) is 0 Å². The molecule has 0 spiro atoms. The van der Waals surface area contributed by atoms with Gasteiger partial charge in [0.2, 0.25) is 0 Å². The second-order valence-electron chi connectivity index (χ2n) is 0.976. The number of hydrogen-bond acceptors (Lipinski definition) is 1. The molecule has 0 aliphatic rings. The van der Waals surface area contributed by atoms with E-state index in [0.717, 1.165) is 0 Å². The van der Waals surface area contributed by atoms with Gasteiger partial charge >= 0.3 is 0 Å². The second-order valence-corrected chi connectivity index (χ2v) is 2.02. The fraction of sp³-hybridized carbons (Fsp3) is 0.400. The van der Waals surface area contributed by atoms with Gasteiger partial charge in [0.1, 0.15) is 0 Å². The van der Waals surface area contributed by atoms with Crippen molar-refractivity contribution in [3.8, 4) is 12.3 Å². The molecule has 0 aromatic carbocycles. The van der Waals surface area contributed by atoms with Gasteiger partial charge in [0.05, 0.1) is 5.25 Å². The van der Waals surface area contributed by atoms with E-state index in [2.05, 4.69) is 12.2 Å². The summed E-state index contributed by atoms with van der Waals surface area (Å²) in [4.78, 5) is 0. The summed E-state index contributed by atoms with van der Waals surface area (Å²) in [5.41, 5.74) is 0. The first-order valence-corrected chi connectivity index (χ1v) is 2.73. The molecule has 0 aliphatic carbocycles. The number of rotatable bonds is 1. The fourth-order valence-corrected chi connectivity index (χ4v) is 0.144. The van der Waals surface area contributed by atoms with Crippen LogP contribution >= 0.6 is 11.8 Å². The first-order chi connectivity index (χ1) is 2.81. The van der Waals surface area contributed by atoms with Crippen LogP contribution < -0.4 is 0 Å². The molecule has 0 N–H and O–H groups in total. The Morgan fingerprint density at radius 3 is 2.50 bits per heavy atom. The monoisotopic (exact) mass is 99.0 g/mol. The largest absolute Gasteiger partial charge is 0.145 e. The highest BCUT2D eigenvalue weighted by Gasteiger charge is 1.85. The average Bonchev–Trinajstić information content (AvgIpc) is 1.65. The van der Waals surface area contributed by atoms with E-state index in [9.17, 15) is 0 Å². The maximum absolute atomic E-state index is 4.97. The molecule has 0 bridgehead atoms. The standard InChI is InChI=1S/C5H7S/c1-4-5(2)6-3/h1,5H,3H2,2H3. The molecule has 0 saturated carbocycles. The Morgan fingerprint density at radius 2 is 2.50 bits per heavy atom. The summed E-state index contributed by atoms with van der Waals surface area (Å²) in [5, 5.41) is 0.269. The fourth-order valence-electron chi connectivity index (χ4n) is 0.0481. The molecule has 0 fully saturated rings. The lowest BCUT2D eigenvalue weighted by atomic mass is 10.5. The lowest BCUT2D eigenvalue weighted by Gasteiger charge is -1.90. The zero-order valence-corrected chi connectivity index (χ0v) is 4.59. The van der Waals surface area contributed by atoms with E-state index in [1.165, 1.54) is 11.8 Å². The first kappa shape index (κ1) is 5.91. The molecule has 0 nitrogen and oxygen atoms in total. The van der Waals surface area contributed by atoms with Gasteiger partial charge in [0.15, 0.2) is 0 Å². The van der Waals surface area contributed by atoms with Crippen LogP contribution in [0.15, 0.2) is 0 Å². The normalized spacial score (nSPS) is 12.8. The maximum Gasteiger partial charge on any atom is 0.0626 e. The summed E-state index contributed by atoms with van der Waals surface area (Å²) in [5.74, 6) is 2.52. The molecule has 6 heavy (non-hydrogen) atoms. The number of hydrogen-bond donors (Lipinski definition) is 0.